The highest BCUT2D eigenvalue weighted by atomic mass is 16.5. The van der Waals surface area contributed by atoms with Gasteiger partial charge in [-0.15, -0.1) is 10.2 Å². The minimum absolute atomic E-state index is 0.305. The summed E-state index contributed by atoms with van der Waals surface area (Å²) in [5.41, 5.74) is 0. The molecule has 0 spiro atoms. The number of nitrogens with zero attached hydrogens (tertiary/aromatic N) is 4. The van der Waals surface area contributed by atoms with Crippen LogP contribution in [0, 0.1) is 6.92 Å². The van der Waals surface area contributed by atoms with Gasteiger partial charge in [0.15, 0.2) is 0 Å². The van der Waals surface area contributed by atoms with Crippen LogP contribution in [0.1, 0.15) is 36.2 Å². The number of esters is 1. The number of carbonyl (C=O) groups excluding carboxylic acids is 1. The summed E-state index contributed by atoms with van der Waals surface area (Å²) in [4.78, 5) is 13.8. The Labute approximate surface area is 108 Å². The Hall–Kier alpha value is -1.43. The zero-order valence-electron chi connectivity index (χ0n) is 11.6. The Kier molecular flexibility index (Phi) is 5.77. The van der Waals surface area contributed by atoms with E-state index >= 15 is 0 Å². The molecule has 0 radical (unpaired) electrons. The van der Waals surface area contributed by atoms with Crippen molar-refractivity contribution in [2.45, 2.75) is 33.2 Å². The van der Waals surface area contributed by atoms with Gasteiger partial charge in [0.05, 0.1) is 6.61 Å². The van der Waals surface area contributed by atoms with Gasteiger partial charge in [0, 0.05) is 6.54 Å². The lowest BCUT2D eigenvalue weighted by Crippen LogP contribution is -2.16. The highest BCUT2D eigenvalue weighted by molar-refractivity contribution is 5.85. The first-order valence-electron chi connectivity index (χ1n) is 6.28. The maximum Gasteiger partial charge on any atom is 0.376 e. The second kappa shape index (κ2) is 7.10. The SMILES string of the molecule is CCOC(=O)c1nnc(C)n1CCCCN(C)C. The summed E-state index contributed by atoms with van der Waals surface area (Å²) in [6.07, 6.45) is 2.07. The fourth-order valence-corrected chi connectivity index (χ4v) is 1.69. The predicted molar refractivity (Wildman–Crippen MR) is 68.5 cm³/mol. The van der Waals surface area contributed by atoms with Crippen molar-refractivity contribution in [3.8, 4) is 0 Å². The van der Waals surface area contributed by atoms with Crippen LogP contribution in [0.25, 0.3) is 0 Å². The number of ether oxygens (including phenoxy) is 1. The number of unbranched alkanes of at least 4 members (excludes halogenated alkanes) is 1. The normalized spacial score (nSPS) is 10.9. The fraction of sp³-hybridized carbons (Fsp3) is 0.750. The molecule has 18 heavy (non-hydrogen) atoms. The van der Waals surface area contributed by atoms with Crippen LogP contribution >= 0.6 is 0 Å². The van der Waals surface area contributed by atoms with Crippen LogP contribution in [0.4, 0.5) is 0 Å². The Morgan fingerprint density at radius 1 is 1.33 bits per heavy atom. The van der Waals surface area contributed by atoms with Gasteiger partial charge in [-0.3, -0.25) is 0 Å². The first kappa shape index (κ1) is 14.6. The lowest BCUT2D eigenvalue weighted by Gasteiger charge is -2.10. The summed E-state index contributed by atoms with van der Waals surface area (Å²) < 4.78 is 6.78. The Bertz CT molecular complexity index is 387. The lowest BCUT2D eigenvalue weighted by atomic mass is 10.3. The van der Waals surface area contributed by atoms with E-state index in [4.69, 9.17) is 4.74 Å². The molecule has 1 rings (SSSR count). The zero-order chi connectivity index (χ0) is 13.5. The summed E-state index contributed by atoms with van der Waals surface area (Å²) in [6, 6.07) is 0. The molecule has 0 aliphatic heterocycles. The molecule has 0 amide bonds. The average Bonchev–Trinajstić information content (AvgIpc) is 2.66. The third-order valence-corrected chi connectivity index (χ3v) is 2.63. The molecule has 0 saturated heterocycles. The molecule has 1 heterocycles. The molecular weight excluding hydrogens is 232 g/mol. The van der Waals surface area contributed by atoms with Crippen molar-refractivity contribution in [2.24, 2.45) is 0 Å². The van der Waals surface area contributed by atoms with Crippen molar-refractivity contribution in [1.82, 2.24) is 19.7 Å². The number of hydrogen-bond acceptors (Lipinski definition) is 5. The van der Waals surface area contributed by atoms with E-state index in [2.05, 4.69) is 15.1 Å². The molecule has 1 aromatic rings. The van der Waals surface area contributed by atoms with Crippen LogP contribution in [-0.2, 0) is 11.3 Å². The molecule has 0 aliphatic carbocycles. The van der Waals surface area contributed by atoms with E-state index in [1.165, 1.54) is 0 Å². The van der Waals surface area contributed by atoms with E-state index in [0.29, 0.717) is 12.4 Å². The zero-order valence-corrected chi connectivity index (χ0v) is 11.6. The number of aryl methyl sites for hydroxylation is 1. The van der Waals surface area contributed by atoms with E-state index in [1.807, 2.05) is 25.6 Å². The molecule has 1 aromatic heterocycles. The highest BCUT2D eigenvalue weighted by Crippen LogP contribution is 2.06. The molecule has 0 bridgehead atoms. The van der Waals surface area contributed by atoms with Crippen LogP contribution in [0.15, 0.2) is 0 Å². The van der Waals surface area contributed by atoms with E-state index in [-0.39, 0.29) is 0 Å². The van der Waals surface area contributed by atoms with Gasteiger partial charge in [0.2, 0.25) is 5.82 Å². The molecule has 0 atom stereocenters. The molecular formula is C12H22N4O2. The van der Waals surface area contributed by atoms with Crippen molar-refractivity contribution in [1.29, 1.82) is 0 Å². The molecule has 0 N–H and O–H groups in total. The molecule has 0 fully saturated rings. The van der Waals surface area contributed by atoms with Crippen molar-refractivity contribution in [3.63, 3.8) is 0 Å². The van der Waals surface area contributed by atoms with Gasteiger partial charge < -0.3 is 14.2 Å². The lowest BCUT2D eigenvalue weighted by molar-refractivity contribution is 0.0505. The second-order valence-electron chi connectivity index (χ2n) is 4.45. The molecule has 102 valence electrons. The number of carbonyl (C=O) groups is 1. The van der Waals surface area contributed by atoms with Gasteiger partial charge in [-0.2, -0.15) is 0 Å². The minimum Gasteiger partial charge on any atom is -0.460 e. The van der Waals surface area contributed by atoms with Crippen LogP contribution in [0.5, 0.6) is 0 Å². The topological polar surface area (TPSA) is 60.2 Å². The van der Waals surface area contributed by atoms with Gasteiger partial charge in [0.25, 0.3) is 0 Å². The average molecular weight is 254 g/mol. The number of aromatic nitrogens is 3. The Morgan fingerprint density at radius 3 is 2.67 bits per heavy atom. The van der Waals surface area contributed by atoms with Crippen LogP contribution < -0.4 is 0 Å². The third kappa shape index (κ3) is 4.10. The fourth-order valence-electron chi connectivity index (χ4n) is 1.69. The molecule has 6 nitrogen and oxygen atoms in total. The summed E-state index contributed by atoms with van der Waals surface area (Å²) in [6.45, 7) is 5.77. The van der Waals surface area contributed by atoms with Crippen molar-refractivity contribution in [2.75, 3.05) is 27.2 Å². The van der Waals surface area contributed by atoms with Gasteiger partial charge in [0.1, 0.15) is 5.82 Å². The molecule has 0 unspecified atom stereocenters. The Morgan fingerprint density at radius 2 is 2.06 bits per heavy atom. The van der Waals surface area contributed by atoms with E-state index in [0.717, 1.165) is 31.8 Å². The van der Waals surface area contributed by atoms with Crippen molar-refractivity contribution >= 4 is 5.97 Å². The molecule has 0 aromatic carbocycles. The van der Waals surface area contributed by atoms with E-state index in [1.54, 1.807) is 6.92 Å². The smallest absolute Gasteiger partial charge is 0.376 e. The number of hydrogen-bond donors (Lipinski definition) is 0. The van der Waals surface area contributed by atoms with E-state index < -0.39 is 5.97 Å². The predicted octanol–water partition coefficient (Wildman–Crippen LogP) is 1.11. The Balaban J connectivity index is 2.58. The van der Waals surface area contributed by atoms with Crippen molar-refractivity contribution < 1.29 is 9.53 Å². The second-order valence-corrected chi connectivity index (χ2v) is 4.45. The molecule has 0 saturated carbocycles. The van der Waals surface area contributed by atoms with Gasteiger partial charge >= 0.3 is 5.97 Å². The van der Waals surface area contributed by atoms with Gasteiger partial charge in [-0.25, -0.2) is 4.79 Å². The highest BCUT2D eigenvalue weighted by Gasteiger charge is 2.17. The maximum atomic E-state index is 11.7. The van der Waals surface area contributed by atoms with Crippen LogP contribution in [0.2, 0.25) is 0 Å². The molecule has 0 aliphatic rings. The summed E-state index contributed by atoms with van der Waals surface area (Å²) >= 11 is 0. The van der Waals surface area contributed by atoms with Gasteiger partial charge in [-0.1, -0.05) is 0 Å². The van der Waals surface area contributed by atoms with Crippen LogP contribution in [0.3, 0.4) is 0 Å². The summed E-state index contributed by atoms with van der Waals surface area (Å²) in [7, 11) is 4.10. The maximum absolute atomic E-state index is 11.7. The number of rotatable bonds is 7. The largest absolute Gasteiger partial charge is 0.460 e. The van der Waals surface area contributed by atoms with Crippen LogP contribution in [-0.4, -0.2) is 52.9 Å². The molecule has 6 heteroatoms. The first-order valence-corrected chi connectivity index (χ1v) is 6.28. The first-order chi connectivity index (χ1) is 8.56. The summed E-state index contributed by atoms with van der Waals surface area (Å²) in [5, 5.41) is 7.81. The van der Waals surface area contributed by atoms with Crippen molar-refractivity contribution in [3.05, 3.63) is 11.6 Å². The van der Waals surface area contributed by atoms with E-state index in [9.17, 15) is 4.79 Å². The standard InChI is InChI=1S/C12H22N4O2/c1-5-18-12(17)11-14-13-10(2)16(11)9-7-6-8-15(3)4/h5-9H2,1-4H3. The quantitative estimate of drug-likeness (QED) is 0.539. The minimum atomic E-state index is -0.397. The third-order valence-electron chi connectivity index (χ3n) is 2.63. The monoisotopic (exact) mass is 254 g/mol. The summed E-state index contributed by atoms with van der Waals surface area (Å²) in [5.74, 6) is 0.660. The van der Waals surface area contributed by atoms with Gasteiger partial charge in [-0.05, 0) is 47.3 Å².